The fourth-order valence-electron chi connectivity index (χ4n) is 3.19. The molecular formula is C15H21N3O3. The molecule has 21 heavy (non-hydrogen) atoms. The second kappa shape index (κ2) is 5.99. The highest BCUT2D eigenvalue weighted by molar-refractivity contribution is 5.55. The van der Waals surface area contributed by atoms with Crippen LogP contribution in [0.15, 0.2) is 18.2 Å². The summed E-state index contributed by atoms with van der Waals surface area (Å²) in [7, 11) is 0. The third kappa shape index (κ3) is 3.16. The Labute approximate surface area is 124 Å². The van der Waals surface area contributed by atoms with Gasteiger partial charge >= 0.3 is 0 Å². The Kier molecular flexibility index (Phi) is 4.07. The number of morpholine rings is 1. The van der Waals surface area contributed by atoms with E-state index in [0.29, 0.717) is 6.04 Å². The smallest absolute Gasteiger partial charge is 0.269 e. The molecule has 2 aliphatic heterocycles. The molecule has 0 spiro atoms. The van der Waals surface area contributed by atoms with Crippen LogP contribution in [0.5, 0.6) is 0 Å². The molecule has 0 saturated carbocycles. The first-order chi connectivity index (χ1) is 10.1. The predicted octanol–water partition coefficient (Wildman–Crippen LogP) is 2.18. The number of aryl methyl sites for hydroxylation is 1. The zero-order chi connectivity index (χ0) is 14.8. The van der Waals surface area contributed by atoms with Crippen LogP contribution in [0.25, 0.3) is 0 Å². The highest BCUT2D eigenvalue weighted by Gasteiger charge is 2.31. The van der Waals surface area contributed by atoms with E-state index in [9.17, 15) is 10.1 Å². The van der Waals surface area contributed by atoms with Gasteiger partial charge in [-0.2, -0.15) is 0 Å². The normalized spacial score (nSPS) is 25.6. The van der Waals surface area contributed by atoms with Gasteiger partial charge in [-0.05, 0) is 37.9 Å². The van der Waals surface area contributed by atoms with E-state index in [0.717, 1.165) is 30.9 Å². The Morgan fingerprint density at radius 3 is 3.14 bits per heavy atom. The summed E-state index contributed by atoms with van der Waals surface area (Å²) in [5.74, 6) is 0. The monoisotopic (exact) mass is 291 g/mol. The van der Waals surface area contributed by atoms with Crippen LogP contribution in [0, 0.1) is 17.0 Å². The van der Waals surface area contributed by atoms with Crippen LogP contribution < -0.4 is 5.32 Å². The van der Waals surface area contributed by atoms with Crippen molar-refractivity contribution in [2.24, 2.45) is 0 Å². The predicted molar refractivity (Wildman–Crippen MR) is 80.7 cm³/mol. The lowest BCUT2D eigenvalue weighted by atomic mass is 10.1. The first kappa shape index (κ1) is 14.3. The molecule has 2 atom stereocenters. The van der Waals surface area contributed by atoms with Gasteiger partial charge in [0.1, 0.15) is 0 Å². The molecule has 1 aromatic carbocycles. The van der Waals surface area contributed by atoms with Crippen LogP contribution in [-0.4, -0.2) is 48.2 Å². The zero-order valence-electron chi connectivity index (χ0n) is 12.2. The van der Waals surface area contributed by atoms with Crippen LogP contribution in [0.2, 0.25) is 0 Å². The highest BCUT2D eigenvalue weighted by Crippen LogP contribution is 2.24. The molecule has 2 unspecified atom stereocenters. The van der Waals surface area contributed by atoms with Crippen LogP contribution in [0.3, 0.4) is 0 Å². The van der Waals surface area contributed by atoms with E-state index in [4.69, 9.17) is 4.74 Å². The molecule has 0 aliphatic carbocycles. The number of ether oxygens (including phenoxy) is 1. The Hall–Kier alpha value is -1.66. The minimum atomic E-state index is -0.367. The number of nitrogens with one attached hydrogen (secondary N) is 1. The van der Waals surface area contributed by atoms with Crippen molar-refractivity contribution in [2.45, 2.75) is 31.9 Å². The second-order valence-electron chi connectivity index (χ2n) is 5.88. The molecule has 114 valence electrons. The minimum Gasteiger partial charge on any atom is -0.382 e. The lowest BCUT2D eigenvalue weighted by Crippen LogP contribution is -2.48. The maximum absolute atomic E-state index is 10.7. The molecule has 1 aromatic rings. The number of non-ortho nitro benzene ring substituents is 1. The van der Waals surface area contributed by atoms with Gasteiger partial charge in [0.25, 0.3) is 5.69 Å². The molecule has 2 fully saturated rings. The average Bonchev–Trinajstić information content (AvgIpc) is 2.93. The van der Waals surface area contributed by atoms with E-state index in [1.54, 1.807) is 12.1 Å². The van der Waals surface area contributed by atoms with Crippen molar-refractivity contribution in [1.82, 2.24) is 4.90 Å². The van der Waals surface area contributed by atoms with Gasteiger partial charge in [-0.25, -0.2) is 0 Å². The number of nitro groups is 1. The Bertz CT molecular complexity index is 535. The molecule has 6 nitrogen and oxygen atoms in total. The summed E-state index contributed by atoms with van der Waals surface area (Å²) in [5.41, 5.74) is 1.96. The molecule has 2 aliphatic rings. The average molecular weight is 291 g/mol. The fraction of sp³-hybridized carbons (Fsp3) is 0.600. The number of nitro benzene ring substituents is 1. The number of hydrogen-bond acceptors (Lipinski definition) is 5. The van der Waals surface area contributed by atoms with Crippen molar-refractivity contribution >= 4 is 11.4 Å². The van der Waals surface area contributed by atoms with Crippen LogP contribution in [-0.2, 0) is 4.74 Å². The topological polar surface area (TPSA) is 67.6 Å². The van der Waals surface area contributed by atoms with Gasteiger partial charge in [0.2, 0.25) is 0 Å². The molecule has 2 heterocycles. The maximum atomic E-state index is 10.7. The summed E-state index contributed by atoms with van der Waals surface area (Å²) in [4.78, 5) is 12.9. The van der Waals surface area contributed by atoms with Crippen molar-refractivity contribution in [3.63, 3.8) is 0 Å². The molecule has 0 aromatic heterocycles. The first-order valence-electron chi connectivity index (χ1n) is 7.48. The summed E-state index contributed by atoms with van der Waals surface area (Å²) in [6, 6.07) is 5.52. The van der Waals surface area contributed by atoms with E-state index < -0.39 is 0 Å². The maximum Gasteiger partial charge on any atom is 0.269 e. The van der Waals surface area contributed by atoms with Crippen molar-refractivity contribution in [1.29, 1.82) is 0 Å². The van der Waals surface area contributed by atoms with Gasteiger partial charge < -0.3 is 10.1 Å². The lowest BCUT2D eigenvalue weighted by Gasteiger charge is -2.35. The molecule has 0 bridgehead atoms. The molecule has 3 rings (SSSR count). The standard InChI is InChI=1S/C15H21N3O3/c1-11-7-12(18(19)20)4-5-15(11)16-8-14-9-17-6-2-3-13(17)10-21-14/h4-5,7,13-14,16H,2-3,6,8-10H2,1H3. The Balaban J connectivity index is 1.56. The number of rotatable bonds is 4. The van der Waals surface area contributed by atoms with Gasteiger partial charge in [0.05, 0.1) is 17.6 Å². The quantitative estimate of drug-likeness (QED) is 0.680. The van der Waals surface area contributed by atoms with Crippen LogP contribution in [0.4, 0.5) is 11.4 Å². The van der Waals surface area contributed by atoms with Crippen LogP contribution in [0.1, 0.15) is 18.4 Å². The van der Waals surface area contributed by atoms with Crippen molar-refractivity contribution < 1.29 is 9.66 Å². The van der Waals surface area contributed by atoms with Gasteiger partial charge in [-0.3, -0.25) is 15.0 Å². The summed E-state index contributed by atoms with van der Waals surface area (Å²) in [6.07, 6.45) is 2.71. The Morgan fingerprint density at radius 2 is 2.38 bits per heavy atom. The number of hydrogen-bond donors (Lipinski definition) is 1. The third-order valence-corrected chi connectivity index (χ3v) is 4.40. The van der Waals surface area contributed by atoms with Crippen molar-refractivity contribution in [3.8, 4) is 0 Å². The zero-order valence-corrected chi connectivity index (χ0v) is 12.2. The molecular weight excluding hydrogens is 270 g/mol. The Morgan fingerprint density at radius 1 is 1.52 bits per heavy atom. The van der Waals surface area contributed by atoms with E-state index in [2.05, 4.69) is 10.2 Å². The summed E-state index contributed by atoms with van der Waals surface area (Å²) < 4.78 is 5.90. The van der Waals surface area contributed by atoms with Crippen molar-refractivity contribution in [2.75, 3.05) is 31.6 Å². The second-order valence-corrected chi connectivity index (χ2v) is 5.88. The number of benzene rings is 1. The summed E-state index contributed by atoms with van der Waals surface area (Å²) in [5, 5.41) is 14.1. The van der Waals surface area contributed by atoms with Crippen LogP contribution >= 0.6 is 0 Å². The van der Waals surface area contributed by atoms with Crippen molar-refractivity contribution in [3.05, 3.63) is 33.9 Å². The van der Waals surface area contributed by atoms with Gasteiger partial charge in [-0.15, -0.1) is 0 Å². The number of fused-ring (bicyclic) bond motifs is 1. The van der Waals surface area contributed by atoms with E-state index in [-0.39, 0.29) is 16.7 Å². The highest BCUT2D eigenvalue weighted by atomic mass is 16.6. The lowest BCUT2D eigenvalue weighted by molar-refractivity contribution is -0.384. The molecule has 0 amide bonds. The molecule has 0 radical (unpaired) electrons. The molecule has 2 saturated heterocycles. The molecule has 1 N–H and O–H groups in total. The first-order valence-corrected chi connectivity index (χ1v) is 7.48. The van der Waals surface area contributed by atoms with E-state index in [1.807, 2.05) is 6.92 Å². The SMILES string of the molecule is Cc1cc([N+](=O)[O-])ccc1NCC1CN2CCCC2CO1. The van der Waals surface area contributed by atoms with E-state index >= 15 is 0 Å². The third-order valence-electron chi connectivity index (χ3n) is 4.40. The van der Waals surface area contributed by atoms with Gasteiger partial charge in [-0.1, -0.05) is 0 Å². The van der Waals surface area contributed by atoms with Gasteiger partial charge in [0, 0.05) is 37.0 Å². The minimum absolute atomic E-state index is 0.131. The van der Waals surface area contributed by atoms with Gasteiger partial charge in [0.15, 0.2) is 0 Å². The fourth-order valence-corrected chi connectivity index (χ4v) is 3.19. The summed E-state index contributed by atoms with van der Waals surface area (Å²) in [6.45, 7) is 5.60. The summed E-state index contributed by atoms with van der Waals surface area (Å²) >= 11 is 0. The van der Waals surface area contributed by atoms with E-state index in [1.165, 1.54) is 25.5 Å². The number of nitrogens with zero attached hydrogens (tertiary/aromatic N) is 2. The number of anilines is 1. The molecule has 6 heteroatoms. The largest absolute Gasteiger partial charge is 0.382 e.